The molecule has 0 saturated carbocycles. The Morgan fingerprint density at radius 2 is 2.36 bits per heavy atom. The van der Waals surface area contributed by atoms with Crippen LogP contribution in [0.2, 0.25) is 0 Å². The highest BCUT2D eigenvalue weighted by molar-refractivity contribution is 4.98. The van der Waals surface area contributed by atoms with Crippen molar-refractivity contribution in [3.8, 4) is 0 Å². The quantitative estimate of drug-likeness (QED) is 0.704. The van der Waals surface area contributed by atoms with Crippen LogP contribution in [0.5, 0.6) is 0 Å². The summed E-state index contributed by atoms with van der Waals surface area (Å²) in [4.78, 5) is 4.17. The van der Waals surface area contributed by atoms with Crippen LogP contribution in [-0.4, -0.2) is 25.2 Å². The van der Waals surface area contributed by atoms with Crippen molar-refractivity contribution in [2.75, 3.05) is 20.3 Å². The van der Waals surface area contributed by atoms with E-state index in [1.807, 2.05) is 0 Å². The second-order valence-electron chi connectivity index (χ2n) is 3.48. The molecule has 80 valence electrons. The molecule has 0 fully saturated rings. The molecule has 0 spiro atoms. The molecule has 1 aromatic rings. The van der Waals surface area contributed by atoms with E-state index in [9.17, 15) is 0 Å². The Morgan fingerprint density at radius 3 is 2.93 bits per heavy atom. The lowest BCUT2D eigenvalue weighted by atomic mass is 10.2. The summed E-state index contributed by atoms with van der Waals surface area (Å²) in [6, 6.07) is 0. The number of nitrogens with zero attached hydrogens (tertiary/aromatic N) is 1. The van der Waals surface area contributed by atoms with Gasteiger partial charge in [0.15, 0.2) is 0 Å². The summed E-state index contributed by atoms with van der Waals surface area (Å²) in [6.45, 7) is 6.36. The molecule has 0 bridgehead atoms. The van der Waals surface area contributed by atoms with Crippen LogP contribution in [0.1, 0.15) is 31.4 Å². The van der Waals surface area contributed by atoms with Gasteiger partial charge < -0.3 is 14.5 Å². The number of rotatable bonds is 6. The van der Waals surface area contributed by atoms with E-state index in [0.29, 0.717) is 19.1 Å². The van der Waals surface area contributed by atoms with E-state index >= 15 is 0 Å². The summed E-state index contributed by atoms with van der Waals surface area (Å²) < 4.78 is 10.4. The van der Waals surface area contributed by atoms with E-state index < -0.39 is 0 Å². The molecule has 0 atom stereocenters. The predicted molar refractivity (Wildman–Crippen MR) is 54.2 cm³/mol. The Hall–Kier alpha value is -0.870. The van der Waals surface area contributed by atoms with E-state index in [1.165, 1.54) is 0 Å². The molecular formula is C10H18N2O2. The fourth-order valence-electron chi connectivity index (χ4n) is 1.04. The van der Waals surface area contributed by atoms with Gasteiger partial charge in [-0.2, -0.15) is 0 Å². The number of aromatic nitrogens is 1. The smallest absolute Gasteiger partial charge is 0.208 e. The summed E-state index contributed by atoms with van der Waals surface area (Å²) in [5.41, 5.74) is 0. The molecule has 1 aromatic heterocycles. The minimum absolute atomic E-state index is 0.398. The maximum Gasteiger partial charge on any atom is 0.208 e. The molecule has 0 saturated heterocycles. The van der Waals surface area contributed by atoms with E-state index in [4.69, 9.17) is 9.15 Å². The molecule has 0 aliphatic rings. The van der Waals surface area contributed by atoms with Gasteiger partial charge in [-0.25, -0.2) is 4.98 Å². The number of nitrogens with one attached hydrogen (secondary N) is 1. The van der Waals surface area contributed by atoms with Crippen LogP contribution >= 0.6 is 0 Å². The Balaban J connectivity index is 2.29. The number of ether oxygens (including phenoxy) is 1. The summed E-state index contributed by atoms with van der Waals surface area (Å²) in [5, 5.41) is 3.17. The highest BCUT2D eigenvalue weighted by atomic mass is 16.5. The molecule has 0 aliphatic carbocycles. The third kappa shape index (κ3) is 3.47. The fraction of sp³-hybridized carbons (Fsp3) is 0.700. The zero-order chi connectivity index (χ0) is 10.4. The molecule has 0 radical (unpaired) electrons. The summed E-state index contributed by atoms with van der Waals surface area (Å²) in [6.07, 6.45) is 1.79. The molecule has 1 N–H and O–H groups in total. The predicted octanol–water partition coefficient (Wildman–Crippen LogP) is 1.53. The highest BCUT2D eigenvalue weighted by Crippen LogP contribution is 2.14. The van der Waals surface area contributed by atoms with Crippen molar-refractivity contribution < 1.29 is 9.15 Å². The SMILES string of the molecule is COCCNCc1ncc(C(C)C)o1. The van der Waals surface area contributed by atoms with Gasteiger partial charge in [-0.1, -0.05) is 13.8 Å². The lowest BCUT2D eigenvalue weighted by Crippen LogP contribution is -2.18. The van der Waals surface area contributed by atoms with E-state index in [2.05, 4.69) is 24.1 Å². The average molecular weight is 198 g/mol. The Kier molecular flexibility index (Phi) is 4.62. The van der Waals surface area contributed by atoms with Crippen LogP contribution in [-0.2, 0) is 11.3 Å². The van der Waals surface area contributed by atoms with Crippen LogP contribution in [0.25, 0.3) is 0 Å². The maximum absolute atomic E-state index is 5.51. The first-order valence-electron chi connectivity index (χ1n) is 4.88. The monoisotopic (exact) mass is 198 g/mol. The molecule has 0 aromatic carbocycles. The van der Waals surface area contributed by atoms with Crippen molar-refractivity contribution >= 4 is 0 Å². The van der Waals surface area contributed by atoms with Gasteiger partial charge in [-0.05, 0) is 0 Å². The van der Waals surface area contributed by atoms with Crippen molar-refractivity contribution in [2.45, 2.75) is 26.3 Å². The van der Waals surface area contributed by atoms with E-state index in [0.717, 1.165) is 18.2 Å². The first kappa shape index (κ1) is 11.2. The van der Waals surface area contributed by atoms with Crippen LogP contribution < -0.4 is 5.32 Å². The fourth-order valence-corrected chi connectivity index (χ4v) is 1.04. The minimum atomic E-state index is 0.398. The molecule has 4 nitrogen and oxygen atoms in total. The van der Waals surface area contributed by atoms with Crippen molar-refractivity contribution in [2.24, 2.45) is 0 Å². The van der Waals surface area contributed by atoms with Gasteiger partial charge in [-0.3, -0.25) is 0 Å². The Morgan fingerprint density at radius 1 is 1.57 bits per heavy atom. The van der Waals surface area contributed by atoms with Crippen molar-refractivity contribution in [1.82, 2.24) is 10.3 Å². The molecule has 14 heavy (non-hydrogen) atoms. The molecule has 1 rings (SSSR count). The van der Waals surface area contributed by atoms with Crippen LogP contribution in [0, 0.1) is 0 Å². The Bertz CT molecular complexity index is 258. The molecule has 4 heteroatoms. The van der Waals surface area contributed by atoms with Crippen molar-refractivity contribution in [1.29, 1.82) is 0 Å². The first-order valence-corrected chi connectivity index (χ1v) is 4.88. The third-order valence-corrected chi connectivity index (χ3v) is 1.90. The van der Waals surface area contributed by atoms with Crippen LogP contribution in [0.4, 0.5) is 0 Å². The number of hydrogen-bond donors (Lipinski definition) is 1. The summed E-state index contributed by atoms with van der Waals surface area (Å²) in [7, 11) is 1.68. The van der Waals surface area contributed by atoms with Gasteiger partial charge in [0, 0.05) is 19.6 Å². The molecule has 1 heterocycles. The average Bonchev–Trinajstić information content (AvgIpc) is 2.61. The van der Waals surface area contributed by atoms with Gasteiger partial charge in [-0.15, -0.1) is 0 Å². The second-order valence-corrected chi connectivity index (χ2v) is 3.48. The van der Waals surface area contributed by atoms with Gasteiger partial charge in [0.2, 0.25) is 5.89 Å². The molecule has 0 aliphatic heterocycles. The summed E-state index contributed by atoms with van der Waals surface area (Å²) in [5.74, 6) is 2.08. The van der Waals surface area contributed by atoms with E-state index in [-0.39, 0.29) is 0 Å². The van der Waals surface area contributed by atoms with Gasteiger partial charge in [0.25, 0.3) is 0 Å². The van der Waals surface area contributed by atoms with Crippen LogP contribution in [0.15, 0.2) is 10.6 Å². The summed E-state index contributed by atoms with van der Waals surface area (Å²) >= 11 is 0. The maximum atomic E-state index is 5.51. The van der Waals surface area contributed by atoms with Gasteiger partial charge >= 0.3 is 0 Å². The minimum Gasteiger partial charge on any atom is -0.444 e. The Labute approximate surface area is 84.7 Å². The van der Waals surface area contributed by atoms with E-state index in [1.54, 1.807) is 13.3 Å². The third-order valence-electron chi connectivity index (χ3n) is 1.90. The lowest BCUT2D eigenvalue weighted by Gasteiger charge is -2.00. The largest absolute Gasteiger partial charge is 0.444 e. The zero-order valence-corrected chi connectivity index (χ0v) is 9.04. The lowest BCUT2D eigenvalue weighted by molar-refractivity contribution is 0.198. The van der Waals surface area contributed by atoms with Crippen LogP contribution in [0.3, 0.4) is 0 Å². The second kappa shape index (κ2) is 5.78. The van der Waals surface area contributed by atoms with Crippen molar-refractivity contribution in [3.05, 3.63) is 17.8 Å². The topological polar surface area (TPSA) is 47.3 Å². The van der Waals surface area contributed by atoms with Gasteiger partial charge in [0.1, 0.15) is 5.76 Å². The number of oxazole rings is 1. The first-order chi connectivity index (χ1) is 6.74. The zero-order valence-electron chi connectivity index (χ0n) is 9.04. The van der Waals surface area contributed by atoms with Crippen molar-refractivity contribution in [3.63, 3.8) is 0 Å². The molecule has 0 unspecified atom stereocenters. The highest BCUT2D eigenvalue weighted by Gasteiger charge is 2.06. The normalized spacial score (nSPS) is 11.1. The number of methoxy groups -OCH3 is 1. The molecular weight excluding hydrogens is 180 g/mol. The standard InChI is InChI=1S/C10H18N2O2/c1-8(2)9-6-12-10(14-9)7-11-4-5-13-3/h6,8,11H,4-5,7H2,1-3H3. The van der Waals surface area contributed by atoms with Gasteiger partial charge in [0.05, 0.1) is 19.3 Å². The number of hydrogen-bond acceptors (Lipinski definition) is 4. The molecule has 0 amide bonds.